The highest BCUT2D eigenvalue weighted by Crippen LogP contribution is 2.36. The van der Waals surface area contributed by atoms with Gasteiger partial charge in [-0.3, -0.25) is 4.79 Å². The molecule has 1 aliphatic carbocycles. The lowest BCUT2D eigenvalue weighted by atomic mass is 9.72. The Labute approximate surface area is 188 Å². The van der Waals surface area contributed by atoms with Crippen LogP contribution in [0.2, 0.25) is 0 Å². The topological polar surface area (TPSA) is 75.3 Å². The van der Waals surface area contributed by atoms with Crippen molar-refractivity contribution in [3.8, 4) is 0 Å². The minimum atomic E-state index is -3.26. The summed E-state index contributed by atoms with van der Waals surface area (Å²) in [5.41, 5.74) is 2.18. The molecule has 1 aromatic rings. The van der Waals surface area contributed by atoms with Gasteiger partial charge in [0.25, 0.3) is 0 Å². The molecular formula is C25H38N2O3S. The van der Waals surface area contributed by atoms with E-state index in [2.05, 4.69) is 58.6 Å². The van der Waals surface area contributed by atoms with E-state index < -0.39 is 15.3 Å². The van der Waals surface area contributed by atoms with Gasteiger partial charge in [0.15, 0.2) is 0 Å². The van der Waals surface area contributed by atoms with E-state index in [9.17, 15) is 13.2 Å². The summed E-state index contributed by atoms with van der Waals surface area (Å²) in [7, 11) is -3.26. The molecule has 1 aliphatic rings. The highest BCUT2D eigenvalue weighted by Gasteiger charge is 2.29. The zero-order chi connectivity index (χ0) is 23.1. The van der Waals surface area contributed by atoms with Gasteiger partial charge in [0.05, 0.1) is 5.25 Å². The van der Waals surface area contributed by atoms with Crippen molar-refractivity contribution < 1.29 is 13.2 Å². The average Bonchev–Trinajstić information content (AvgIpc) is 2.72. The molecule has 2 atom stereocenters. The summed E-state index contributed by atoms with van der Waals surface area (Å²) in [6, 6.07) is 8.47. The van der Waals surface area contributed by atoms with Gasteiger partial charge in [-0.25, -0.2) is 13.1 Å². The first-order valence-electron chi connectivity index (χ1n) is 11.3. The van der Waals surface area contributed by atoms with E-state index in [-0.39, 0.29) is 17.2 Å². The molecule has 0 aliphatic heterocycles. The van der Waals surface area contributed by atoms with Gasteiger partial charge in [-0.2, -0.15) is 0 Å². The Hall–Kier alpha value is -1.92. The summed E-state index contributed by atoms with van der Waals surface area (Å²) in [4.78, 5) is 12.0. The lowest BCUT2D eigenvalue weighted by Gasteiger charge is -2.32. The number of sulfonamides is 1. The molecule has 0 spiro atoms. The Morgan fingerprint density at radius 2 is 1.74 bits per heavy atom. The van der Waals surface area contributed by atoms with Gasteiger partial charge < -0.3 is 5.32 Å². The third-order valence-corrected chi connectivity index (χ3v) is 7.71. The van der Waals surface area contributed by atoms with E-state index in [1.165, 1.54) is 5.56 Å². The van der Waals surface area contributed by atoms with Gasteiger partial charge in [-0.15, -0.1) is 0 Å². The number of hydrogen-bond acceptors (Lipinski definition) is 3. The quantitative estimate of drug-likeness (QED) is 0.528. The van der Waals surface area contributed by atoms with Gasteiger partial charge in [0.2, 0.25) is 15.9 Å². The fraction of sp³-hybridized carbons (Fsp3) is 0.560. The Balaban J connectivity index is 2.06. The predicted octanol–water partition coefficient (Wildman–Crippen LogP) is 4.42. The van der Waals surface area contributed by atoms with Crippen molar-refractivity contribution in [3.63, 3.8) is 0 Å². The molecule has 172 valence electrons. The number of benzene rings is 1. The first-order valence-corrected chi connectivity index (χ1v) is 12.8. The van der Waals surface area contributed by atoms with E-state index in [4.69, 9.17) is 0 Å². The first kappa shape index (κ1) is 25.3. The summed E-state index contributed by atoms with van der Waals surface area (Å²) < 4.78 is 26.7. The van der Waals surface area contributed by atoms with Crippen LogP contribution in [0.5, 0.6) is 0 Å². The standard InChI is InChI=1S/C25H38N2O3S/c1-19(2)17-24(28)26-16-15-25(13-7-6-8-14-25)23-11-9-22(10-12-23)21(5)18-27-31(29,30)20(3)4/h6-13,19-21,27H,14-18H2,1-5H3,(H,26,28). The van der Waals surface area contributed by atoms with Crippen LogP contribution in [0, 0.1) is 5.92 Å². The predicted molar refractivity (Wildman–Crippen MR) is 129 cm³/mol. The van der Waals surface area contributed by atoms with Crippen molar-refractivity contribution in [1.29, 1.82) is 0 Å². The van der Waals surface area contributed by atoms with Crippen LogP contribution in [0.3, 0.4) is 0 Å². The van der Waals surface area contributed by atoms with E-state index in [0.717, 1.165) is 18.4 Å². The zero-order valence-corrected chi connectivity index (χ0v) is 20.3. The van der Waals surface area contributed by atoms with Crippen LogP contribution in [-0.4, -0.2) is 32.7 Å². The van der Waals surface area contributed by atoms with Crippen LogP contribution in [0.15, 0.2) is 48.6 Å². The molecule has 0 fully saturated rings. The Bertz CT molecular complexity index is 886. The highest BCUT2D eigenvalue weighted by atomic mass is 32.2. The third kappa shape index (κ3) is 7.32. The van der Waals surface area contributed by atoms with E-state index >= 15 is 0 Å². The monoisotopic (exact) mass is 446 g/mol. The van der Waals surface area contributed by atoms with E-state index in [1.54, 1.807) is 13.8 Å². The molecule has 31 heavy (non-hydrogen) atoms. The second kappa shape index (κ2) is 11.1. The number of amides is 1. The number of carbonyl (C=O) groups is 1. The molecule has 0 aromatic heterocycles. The van der Waals surface area contributed by atoms with Gasteiger partial charge in [-0.1, -0.05) is 69.3 Å². The molecule has 6 heteroatoms. The van der Waals surface area contributed by atoms with Crippen molar-refractivity contribution in [1.82, 2.24) is 10.0 Å². The molecule has 0 radical (unpaired) electrons. The van der Waals surface area contributed by atoms with Crippen molar-refractivity contribution in [2.24, 2.45) is 5.92 Å². The maximum Gasteiger partial charge on any atom is 0.220 e. The molecule has 5 nitrogen and oxygen atoms in total. The number of allylic oxidation sites excluding steroid dienone is 4. The summed E-state index contributed by atoms with van der Waals surface area (Å²) in [6.07, 6.45) is 10.8. The minimum absolute atomic E-state index is 0.0793. The van der Waals surface area contributed by atoms with Gasteiger partial charge >= 0.3 is 0 Å². The summed E-state index contributed by atoms with van der Waals surface area (Å²) >= 11 is 0. The number of hydrogen-bond donors (Lipinski definition) is 2. The molecule has 1 aromatic carbocycles. The molecule has 0 bridgehead atoms. The van der Waals surface area contributed by atoms with E-state index in [1.807, 2.05) is 20.8 Å². The summed E-state index contributed by atoms with van der Waals surface area (Å²) in [5, 5.41) is 2.63. The molecule has 0 saturated carbocycles. The molecule has 1 amide bonds. The zero-order valence-electron chi connectivity index (χ0n) is 19.5. The summed E-state index contributed by atoms with van der Waals surface area (Å²) in [6.45, 7) is 10.5. The third-order valence-electron chi connectivity index (χ3n) is 5.90. The maximum atomic E-state index is 12.0. The van der Waals surface area contributed by atoms with Crippen molar-refractivity contribution in [2.45, 2.75) is 70.5 Å². The lowest BCUT2D eigenvalue weighted by molar-refractivity contribution is -0.121. The smallest absolute Gasteiger partial charge is 0.220 e. The largest absolute Gasteiger partial charge is 0.356 e. The van der Waals surface area contributed by atoms with Gasteiger partial charge in [-0.05, 0) is 49.7 Å². The normalized spacial score (nSPS) is 19.7. The van der Waals surface area contributed by atoms with Crippen LogP contribution < -0.4 is 10.0 Å². The Morgan fingerprint density at radius 1 is 1.06 bits per heavy atom. The van der Waals surface area contributed by atoms with Gasteiger partial charge in [0, 0.05) is 24.9 Å². The average molecular weight is 447 g/mol. The van der Waals surface area contributed by atoms with E-state index in [0.29, 0.717) is 25.4 Å². The number of rotatable bonds is 11. The van der Waals surface area contributed by atoms with Crippen LogP contribution in [0.4, 0.5) is 0 Å². The molecular weight excluding hydrogens is 408 g/mol. The maximum absolute atomic E-state index is 12.0. The number of carbonyl (C=O) groups excluding carboxylic acids is 1. The van der Waals surface area contributed by atoms with Crippen molar-refractivity contribution >= 4 is 15.9 Å². The van der Waals surface area contributed by atoms with Crippen LogP contribution in [0.25, 0.3) is 0 Å². The molecule has 2 N–H and O–H groups in total. The Morgan fingerprint density at radius 3 is 2.29 bits per heavy atom. The minimum Gasteiger partial charge on any atom is -0.356 e. The van der Waals surface area contributed by atoms with Crippen LogP contribution in [0.1, 0.15) is 70.9 Å². The fourth-order valence-electron chi connectivity index (χ4n) is 3.75. The fourth-order valence-corrected chi connectivity index (χ4v) is 4.56. The second-order valence-corrected chi connectivity index (χ2v) is 11.6. The highest BCUT2D eigenvalue weighted by molar-refractivity contribution is 7.90. The molecule has 2 rings (SSSR count). The van der Waals surface area contributed by atoms with Crippen molar-refractivity contribution in [3.05, 3.63) is 59.7 Å². The van der Waals surface area contributed by atoms with Crippen LogP contribution >= 0.6 is 0 Å². The molecule has 2 unspecified atom stereocenters. The Kier molecular flexibility index (Phi) is 9.07. The van der Waals surface area contributed by atoms with Crippen LogP contribution in [-0.2, 0) is 20.2 Å². The lowest BCUT2D eigenvalue weighted by Crippen LogP contribution is -2.33. The second-order valence-electron chi connectivity index (χ2n) is 9.31. The van der Waals surface area contributed by atoms with Crippen molar-refractivity contribution in [2.75, 3.05) is 13.1 Å². The SMILES string of the molecule is CC(C)CC(=O)NCCC1(c2ccc(C(C)CNS(=O)(=O)C(C)C)cc2)C=CC=CC1. The number of nitrogens with one attached hydrogen (secondary N) is 2. The van der Waals surface area contributed by atoms with Gasteiger partial charge in [0.1, 0.15) is 0 Å². The molecule has 0 saturated heterocycles. The first-order chi connectivity index (χ1) is 14.6. The molecule has 0 heterocycles. The summed E-state index contributed by atoms with van der Waals surface area (Å²) in [5.74, 6) is 0.537.